The summed E-state index contributed by atoms with van der Waals surface area (Å²) < 4.78 is 0. The van der Waals surface area contributed by atoms with Gasteiger partial charge in [0.2, 0.25) is 0 Å². The van der Waals surface area contributed by atoms with Gasteiger partial charge in [-0.15, -0.1) is 0 Å². The molecule has 0 radical (unpaired) electrons. The Hall–Kier alpha value is -5.63. The Labute approximate surface area is 330 Å². The van der Waals surface area contributed by atoms with Gasteiger partial charge in [0.1, 0.15) is 0 Å². The number of halogens is 1. The lowest BCUT2D eigenvalue weighted by Crippen LogP contribution is -2.42. The number of rotatable bonds is 6. The Bertz CT molecular complexity index is 2550. The van der Waals surface area contributed by atoms with Crippen LogP contribution in [0.3, 0.4) is 0 Å². The first kappa shape index (κ1) is 33.9. The van der Waals surface area contributed by atoms with Crippen LogP contribution in [0.1, 0.15) is 44.2 Å². The van der Waals surface area contributed by atoms with E-state index in [-0.39, 0.29) is 5.41 Å². The molecular weight excluding hydrogens is 686 g/mol. The van der Waals surface area contributed by atoms with Gasteiger partial charge in [0.15, 0.2) is 0 Å². The molecule has 3 aliphatic rings. The van der Waals surface area contributed by atoms with Crippen molar-refractivity contribution >= 4 is 28.7 Å². The van der Waals surface area contributed by atoms with Crippen LogP contribution in [-0.4, -0.2) is 0 Å². The van der Waals surface area contributed by atoms with Crippen molar-refractivity contribution in [1.82, 2.24) is 0 Å². The molecule has 10 rings (SSSR count). The second-order valence-electron chi connectivity index (χ2n) is 16.0. The third-order valence-electron chi connectivity index (χ3n) is 12.8. The molecule has 0 amide bonds. The van der Waals surface area contributed by atoms with Crippen LogP contribution in [0.2, 0.25) is 5.02 Å². The number of nitrogens with zero attached hydrogens (tertiary/aromatic N) is 1. The minimum absolute atomic E-state index is 0.272. The zero-order chi connectivity index (χ0) is 37.1. The largest absolute Gasteiger partial charge is 0.310 e. The molecule has 0 aliphatic heterocycles. The van der Waals surface area contributed by atoms with Gasteiger partial charge >= 0.3 is 0 Å². The lowest BCUT2D eigenvalue weighted by atomic mass is 9.55. The van der Waals surface area contributed by atoms with Crippen molar-refractivity contribution in [3.63, 3.8) is 0 Å². The molecule has 4 unspecified atom stereocenters. The van der Waals surface area contributed by atoms with Crippen molar-refractivity contribution in [2.75, 3.05) is 4.90 Å². The third-order valence-corrected chi connectivity index (χ3v) is 13.1. The molecule has 1 nitrogen and oxygen atoms in total. The number of anilines is 3. The molecule has 1 saturated carbocycles. The van der Waals surface area contributed by atoms with Crippen LogP contribution in [0, 0.1) is 17.8 Å². The molecule has 1 fully saturated rings. The van der Waals surface area contributed by atoms with Crippen LogP contribution >= 0.6 is 11.6 Å². The molecule has 0 saturated heterocycles. The summed E-state index contributed by atoms with van der Waals surface area (Å²) in [6, 6.07) is 61.8. The standard InChI is InChI=1S/C53H44ClN/c1-35-29-41-31-42(30-35)53(34-36(41)2)47-23-14-22-46(40-19-10-5-11-20-40)51(47)52-48(53)32-44(33-49(52)54)55(43-27-25-38(26-28-43)37-15-6-3-7-16-37)50-24-13-12-21-45(50)39-17-8-4-9-18-39/h3-28,32-35,41-42H,29-31H2,1-2H3. The van der Waals surface area contributed by atoms with Gasteiger partial charge in [-0.3, -0.25) is 0 Å². The van der Waals surface area contributed by atoms with Gasteiger partial charge in [-0.05, 0) is 119 Å². The first-order chi connectivity index (χ1) is 27.0. The molecular formula is C53H44ClN. The Morgan fingerprint density at radius 1 is 0.527 bits per heavy atom. The average Bonchev–Trinajstić information content (AvgIpc) is 3.52. The smallest absolute Gasteiger partial charge is 0.0540 e. The molecule has 7 aromatic rings. The molecule has 1 spiro atoms. The summed E-state index contributed by atoms with van der Waals surface area (Å²) in [5.74, 6) is 1.79. The van der Waals surface area contributed by atoms with Crippen molar-refractivity contribution in [2.24, 2.45) is 17.8 Å². The van der Waals surface area contributed by atoms with Gasteiger partial charge in [-0.1, -0.05) is 170 Å². The summed E-state index contributed by atoms with van der Waals surface area (Å²) in [7, 11) is 0. The highest BCUT2D eigenvalue weighted by molar-refractivity contribution is 6.34. The fourth-order valence-electron chi connectivity index (χ4n) is 10.4. The highest BCUT2D eigenvalue weighted by atomic mass is 35.5. The fourth-order valence-corrected chi connectivity index (χ4v) is 10.7. The molecule has 2 heteroatoms. The summed E-state index contributed by atoms with van der Waals surface area (Å²) in [6.07, 6.45) is 6.37. The Kier molecular flexibility index (Phi) is 8.38. The first-order valence-electron chi connectivity index (χ1n) is 19.8. The van der Waals surface area contributed by atoms with Crippen LogP contribution < -0.4 is 4.90 Å². The number of para-hydroxylation sites is 1. The molecule has 7 aromatic carbocycles. The van der Waals surface area contributed by atoms with Gasteiger partial charge in [-0.25, -0.2) is 0 Å². The van der Waals surface area contributed by atoms with E-state index in [0.29, 0.717) is 17.8 Å². The minimum Gasteiger partial charge on any atom is -0.310 e. The molecule has 0 aromatic heterocycles. The molecule has 0 N–H and O–H groups in total. The number of hydrogen-bond donors (Lipinski definition) is 0. The predicted octanol–water partition coefficient (Wildman–Crippen LogP) is 15.1. The van der Waals surface area contributed by atoms with E-state index < -0.39 is 0 Å². The van der Waals surface area contributed by atoms with Crippen molar-refractivity contribution in [2.45, 2.75) is 38.5 Å². The maximum atomic E-state index is 7.80. The SMILES string of the molecule is CC1=CC2(c3cc(N(c4ccc(-c5ccccc5)cc4)c4ccccc4-c4ccccc4)cc(Cl)c3-c3c(-c4ccccc4)cccc32)C2CC(C)CC1C2. The van der Waals surface area contributed by atoms with Crippen LogP contribution in [0.15, 0.2) is 182 Å². The van der Waals surface area contributed by atoms with E-state index in [4.69, 9.17) is 11.6 Å². The van der Waals surface area contributed by atoms with Crippen LogP contribution in [0.5, 0.6) is 0 Å². The van der Waals surface area contributed by atoms with Gasteiger partial charge in [0.05, 0.1) is 10.7 Å². The molecule has 3 aliphatic carbocycles. The normalized spacial score (nSPS) is 20.8. The van der Waals surface area contributed by atoms with Crippen molar-refractivity contribution < 1.29 is 0 Å². The highest BCUT2D eigenvalue weighted by Gasteiger charge is 2.53. The molecule has 268 valence electrons. The third kappa shape index (κ3) is 5.59. The topological polar surface area (TPSA) is 3.24 Å². The monoisotopic (exact) mass is 729 g/mol. The zero-order valence-corrected chi connectivity index (χ0v) is 32.2. The average molecular weight is 730 g/mol. The lowest BCUT2D eigenvalue weighted by molar-refractivity contribution is 0.168. The first-order valence-corrected chi connectivity index (χ1v) is 20.2. The maximum Gasteiger partial charge on any atom is 0.0540 e. The maximum absolute atomic E-state index is 7.80. The summed E-state index contributed by atoms with van der Waals surface area (Å²) in [4.78, 5) is 2.43. The molecule has 0 heterocycles. The second-order valence-corrected chi connectivity index (χ2v) is 16.4. The predicted molar refractivity (Wildman–Crippen MR) is 232 cm³/mol. The number of fused-ring (bicyclic) bond motifs is 8. The summed E-state index contributed by atoms with van der Waals surface area (Å²) in [6.45, 7) is 4.86. The Morgan fingerprint density at radius 3 is 1.84 bits per heavy atom. The van der Waals surface area contributed by atoms with E-state index in [0.717, 1.165) is 22.1 Å². The van der Waals surface area contributed by atoms with Gasteiger partial charge in [-0.2, -0.15) is 0 Å². The zero-order valence-electron chi connectivity index (χ0n) is 31.4. The second kappa shape index (κ2) is 13.6. The lowest BCUT2D eigenvalue weighted by Gasteiger charge is -2.49. The summed E-state index contributed by atoms with van der Waals surface area (Å²) in [5, 5.41) is 0.800. The summed E-state index contributed by atoms with van der Waals surface area (Å²) in [5.41, 5.74) is 17.0. The van der Waals surface area contributed by atoms with E-state index in [1.807, 2.05) is 0 Å². The summed E-state index contributed by atoms with van der Waals surface area (Å²) >= 11 is 7.80. The molecule has 55 heavy (non-hydrogen) atoms. The quantitative estimate of drug-likeness (QED) is 0.154. The van der Waals surface area contributed by atoms with Gasteiger partial charge in [0.25, 0.3) is 0 Å². The van der Waals surface area contributed by atoms with Gasteiger partial charge in [0, 0.05) is 27.9 Å². The van der Waals surface area contributed by atoms with Crippen LogP contribution in [0.25, 0.3) is 44.5 Å². The van der Waals surface area contributed by atoms with Gasteiger partial charge < -0.3 is 4.90 Å². The van der Waals surface area contributed by atoms with Crippen molar-refractivity contribution in [3.8, 4) is 44.5 Å². The van der Waals surface area contributed by atoms with E-state index in [1.54, 1.807) is 0 Å². The van der Waals surface area contributed by atoms with E-state index in [1.165, 1.54) is 80.5 Å². The minimum atomic E-state index is -0.272. The van der Waals surface area contributed by atoms with Crippen molar-refractivity contribution in [1.29, 1.82) is 0 Å². The number of hydrogen-bond acceptors (Lipinski definition) is 1. The number of allylic oxidation sites excluding steroid dienone is 2. The fraction of sp³-hybridized carbons (Fsp3) is 0.170. The molecule has 2 bridgehead atoms. The molecule has 4 atom stereocenters. The van der Waals surface area contributed by atoms with E-state index in [9.17, 15) is 0 Å². The van der Waals surface area contributed by atoms with E-state index in [2.05, 4.69) is 195 Å². The van der Waals surface area contributed by atoms with Crippen molar-refractivity contribution in [3.05, 3.63) is 198 Å². The highest BCUT2D eigenvalue weighted by Crippen LogP contribution is 2.64. The Balaban J connectivity index is 1.24. The van der Waals surface area contributed by atoms with Crippen LogP contribution in [0.4, 0.5) is 17.1 Å². The Morgan fingerprint density at radius 2 is 1.13 bits per heavy atom. The van der Waals surface area contributed by atoms with E-state index >= 15 is 0 Å². The number of benzene rings is 7. The van der Waals surface area contributed by atoms with Crippen LogP contribution in [-0.2, 0) is 5.41 Å².